The van der Waals surface area contributed by atoms with Gasteiger partial charge >= 0.3 is 0 Å². The normalized spacial score (nSPS) is 29.7. The summed E-state index contributed by atoms with van der Waals surface area (Å²) >= 11 is 0. The number of nitrogens with two attached hydrogens (primary N) is 1. The van der Waals surface area contributed by atoms with E-state index in [1.54, 1.807) is 14.1 Å². The molecular weight excluding hydrogens is 494 g/mol. The summed E-state index contributed by atoms with van der Waals surface area (Å²) in [4.78, 5) is 42.8. The number of aromatic hydroxyl groups is 1. The third-order valence-electron chi connectivity index (χ3n) is 8.49. The predicted molar refractivity (Wildman–Crippen MR) is 135 cm³/mol. The number of nitrogens with zero attached hydrogens (tertiary/aromatic N) is 2. The number of phenolic OH excluding ortho intramolecular Hbond substituents is 1. The molecule has 1 aliphatic heterocycles. The highest BCUT2D eigenvalue weighted by Crippen LogP contribution is 2.54. The fourth-order valence-corrected chi connectivity index (χ4v) is 6.93. The van der Waals surface area contributed by atoms with Gasteiger partial charge in [-0.15, -0.1) is 0 Å². The van der Waals surface area contributed by atoms with Crippen molar-refractivity contribution in [2.24, 2.45) is 23.5 Å². The summed E-state index contributed by atoms with van der Waals surface area (Å²) in [7, 11) is 4.64. The van der Waals surface area contributed by atoms with Crippen LogP contribution >= 0.6 is 0 Å². The fourth-order valence-electron chi connectivity index (χ4n) is 6.93. The maximum absolute atomic E-state index is 13.9. The molecule has 38 heavy (non-hydrogen) atoms. The van der Waals surface area contributed by atoms with Gasteiger partial charge in [0.1, 0.15) is 28.6 Å². The van der Waals surface area contributed by atoms with Crippen molar-refractivity contribution < 1.29 is 39.5 Å². The second kappa shape index (κ2) is 8.82. The maximum Gasteiger partial charge on any atom is 0.255 e. The molecule has 4 atom stereocenters. The van der Waals surface area contributed by atoms with Gasteiger partial charge in [-0.1, -0.05) is 6.92 Å². The van der Waals surface area contributed by atoms with Gasteiger partial charge in [-0.3, -0.25) is 24.2 Å². The molecule has 5 rings (SSSR count). The molecule has 11 nitrogen and oxygen atoms in total. The minimum absolute atomic E-state index is 0.0267. The van der Waals surface area contributed by atoms with E-state index in [4.69, 9.17) is 10.5 Å². The van der Waals surface area contributed by atoms with Crippen molar-refractivity contribution in [2.45, 2.75) is 38.0 Å². The quantitative estimate of drug-likeness (QED) is 0.338. The molecule has 1 aromatic carbocycles. The zero-order valence-electron chi connectivity index (χ0n) is 21.8. The number of benzene rings is 1. The number of carbonyl (C=O) groups excluding carboxylic acids is 3. The van der Waals surface area contributed by atoms with Crippen molar-refractivity contribution in [1.29, 1.82) is 0 Å². The molecule has 0 spiro atoms. The number of primary amides is 1. The minimum Gasteiger partial charge on any atom is -0.508 e. The number of carbonyl (C=O) groups is 3. The van der Waals surface area contributed by atoms with Gasteiger partial charge in [-0.2, -0.15) is 0 Å². The average Bonchev–Trinajstić information content (AvgIpc) is 2.80. The molecule has 0 bridgehead atoms. The monoisotopic (exact) mass is 527 g/mol. The Morgan fingerprint density at radius 3 is 2.45 bits per heavy atom. The van der Waals surface area contributed by atoms with Crippen LogP contribution in [0.4, 0.5) is 0 Å². The standard InChI is InChI=1S/C27H33N3O8/c1-11-8-30(9-11)10-13-7-16(31)18-14(23(13)38-4)5-12-6-15-20(29(2)3)22(33)19(26(28)36)25(35)27(15,37)24(34)17(12)21(18)32/h7,11-12,15,20,31-32,35,37H,5-6,8-10H2,1-4H3,(H2,28,36)/t12-,15-,20-,27-/m0/s1. The maximum atomic E-state index is 13.9. The van der Waals surface area contributed by atoms with Crippen molar-refractivity contribution in [3.63, 3.8) is 0 Å². The van der Waals surface area contributed by atoms with Gasteiger partial charge in [0.15, 0.2) is 11.4 Å². The average molecular weight is 528 g/mol. The third-order valence-corrected chi connectivity index (χ3v) is 8.49. The molecule has 1 heterocycles. The Bertz CT molecular complexity index is 1330. The summed E-state index contributed by atoms with van der Waals surface area (Å²) in [5, 5.41) is 44.9. The molecule has 0 radical (unpaired) electrons. The van der Waals surface area contributed by atoms with E-state index in [0.717, 1.165) is 18.7 Å². The summed E-state index contributed by atoms with van der Waals surface area (Å²) in [6.45, 7) is 4.53. The molecule has 1 saturated carbocycles. The first-order valence-electron chi connectivity index (χ1n) is 12.6. The van der Waals surface area contributed by atoms with Gasteiger partial charge in [0, 0.05) is 42.3 Å². The first kappa shape index (κ1) is 26.2. The second-order valence-corrected chi connectivity index (χ2v) is 11.2. The van der Waals surface area contributed by atoms with E-state index in [0.29, 0.717) is 23.8 Å². The molecule has 3 aliphatic carbocycles. The Morgan fingerprint density at radius 1 is 1.24 bits per heavy atom. The Balaban J connectivity index is 1.67. The summed E-state index contributed by atoms with van der Waals surface area (Å²) in [5.41, 5.74) is 2.99. The number of aliphatic hydroxyl groups excluding tert-OH is 2. The fraction of sp³-hybridized carbons (Fsp3) is 0.519. The van der Waals surface area contributed by atoms with Crippen LogP contribution in [0.1, 0.15) is 30.0 Å². The van der Waals surface area contributed by atoms with Gasteiger partial charge < -0.3 is 30.9 Å². The molecule has 4 aliphatic rings. The number of hydrogen-bond acceptors (Lipinski definition) is 10. The molecule has 11 heteroatoms. The van der Waals surface area contributed by atoms with Crippen LogP contribution in [0.15, 0.2) is 23.0 Å². The summed E-state index contributed by atoms with van der Waals surface area (Å²) in [5.74, 6) is -5.63. The van der Waals surface area contributed by atoms with Gasteiger partial charge in [-0.05, 0) is 44.8 Å². The second-order valence-electron chi connectivity index (χ2n) is 11.2. The molecular formula is C27H33N3O8. The molecule has 6 N–H and O–H groups in total. The van der Waals surface area contributed by atoms with Gasteiger partial charge in [0.05, 0.1) is 18.7 Å². The van der Waals surface area contributed by atoms with E-state index < -0.39 is 58.0 Å². The van der Waals surface area contributed by atoms with Crippen LogP contribution in [0, 0.1) is 17.8 Å². The SMILES string of the molecule is COc1c(CN2CC(C)C2)cc(O)c2c1C[C@H]1C[C@H]3[C@H](N(C)C)C(=O)C(C(N)=O)=C(O)[C@@]3(O)C(=O)C1=C2O. The number of phenols is 1. The Hall–Kier alpha value is -3.41. The summed E-state index contributed by atoms with van der Waals surface area (Å²) in [6.07, 6.45) is 0.221. The number of amides is 1. The van der Waals surface area contributed by atoms with Crippen molar-refractivity contribution in [3.8, 4) is 11.5 Å². The lowest BCUT2D eigenvalue weighted by Crippen LogP contribution is -2.65. The number of ether oxygens (including phenoxy) is 1. The number of fused-ring (bicyclic) bond motifs is 3. The molecule has 0 unspecified atom stereocenters. The van der Waals surface area contributed by atoms with Gasteiger partial charge in [-0.25, -0.2) is 0 Å². The van der Waals surface area contributed by atoms with Crippen molar-refractivity contribution >= 4 is 23.2 Å². The lowest BCUT2D eigenvalue weighted by atomic mass is 9.57. The number of Topliss-reactive ketones (excluding diaryl/α,β-unsaturated/α-hetero) is 2. The minimum atomic E-state index is -2.65. The van der Waals surface area contributed by atoms with Crippen molar-refractivity contribution in [1.82, 2.24) is 9.80 Å². The predicted octanol–water partition coefficient (Wildman–Crippen LogP) is 0.424. The number of likely N-dealkylation sites (tertiary alicyclic amines) is 1. The summed E-state index contributed by atoms with van der Waals surface area (Å²) in [6, 6.07) is 0.384. The van der Waals surface area contributed by atoms with Crippen LogP contribution < -0.4 is 10.5 Å². The van der Waals surface area contributed by atoms with Crippen LogP contribution in [-0.4, -0.2) is 93.6 Å². The lowest BCUT2D eigenvalue weighted by Gasteiger charge is -2.50. The zero-order chi connectivity index (χ0) is 27.8. The van der Waals surface area contributed by atoms with Crippen LogP contribution in [0.3, 0.4) is 0 Å². The highest BCUT2D eigenvalue weighted by atomic mass is 16.5. The first-order valence-corrected chi connectivity index (χ1v) is 12.6. The summed E-state index contributed by atoms with van der Waals surface area (Å²) < 4.78 is 5.74. The largest absolute Gasteiger partial charge is 0.508 e. The number of aliphatic hydroxyl groups is 3. The Labute approximate surface area is 219 Å². The van der Waals surface area contributed by atoms with E-state index in [9.17, 15) is 34.8 Å². The number of rotatable bonds is 5. The molecule has 2 fully saturated rings. The van der Waals surface area contributed by atoms with E-state index in [-0.39, 0.29) is 29.7 Å². The van der Waals surface area contributed by atoms with Crippen LogP contribution in [-0.2, 0) is 27.3 Å². The molecule has 1 amide bonds. The number of likely N-dealkylation sites (N-methyl/N-ethyl adjacent to an activating group) is 1. The highest BCUT2D eigenvalue weighted by molar-refractivity contribution is 6.24. The van der Waals surface area contributed by atoms with E-state index >= 15 is 0 Å². The smallest absolute Gasteiger partial charge is 0.255 e. The van der Waals surface area contributed by atoms with Crippen LogP contribution in [0.2, 0.25) is 0 Å². The van der Waals surface area contributed by atoms with Crippen LogP contribution in [0.25, 0.3) is 5.76 Å². The molecule has 1 saturated heterocycles. The number of ketones is 2. The van der Waals surface area contributed by atoms with Crippen LogP contribution in [0.5, 0.6) is 11.5 Å². The topological polar surface area (TPSA) is 174 Å². The van der Waals surface area contributed by atoms with Crippen molar-refractivity contribution in [3.05, 3.63) is 39.7 Å². The lowest BCUT2D eigenvalue weighted by molar-refractivity contribution is -0.153. The molecule has 0 aromatic heterocycles. The zero-order valence-corrected chi connectivity index (χ0v) is 21.8. The van der Waals surface area contributed by atoms with E-state index in [1.807, 2.05) is 0 Å². The Morgan fingerprint density at radius 2 is 1.89 bits per heavy atom. The molecule has 1 aromatic rings. The van der Waals surface area contributed by atoms with E-state index in [2.05, 4.69) is 11.8 Å². The number of methoxy groups -OCH3 is 1. The van der Waals surface area contributed by atoms with Crippen molar-refractivity contribution in [2.75, 3.05) is 34.3 Å². The highest BCUT2D eigenvalue weighted by Gasteiger charge is 2.64. The Kier molecular flexibility index (Phi) is 6.08. The van der Waals surface area contributed by atoms with Gasteiger partial charge in [0.25, 0.3) is 5.91 Å². The first-order chi connectivity index (χ1) is 17.8. The number of hydrogen-bond donors (Lipinski definition) is 5. The molecule has 204 valence electrons. The van der Waals surface area contributed by atoms with Gasteiger partial charge in [0.2, 0.25) is 5.78 Å². The van der Waals surface area contributed by atoms with E-state index in [1.165, 1.54) is 18.1 Å². The third kappa shape index (κ3) is 3.49.